The Morgan fingerprint density at radius 3 is 3.00 bits per heavy atom. The number of anilines is 1. The molecule has 104 valence electrons. The minimum atomic E-state index is -1.02. The van der Waals surface area contributed by atoms with Crippen molar-refractivity contribution in [1.29, 1.82) is 0 Å². The molecule has 5 heteroatoms. The maximum absolute atomic E-state index is 12.7. The predicted molar refractivity (Wildman–Crippen MR) is 74.4 cm³/mol. The fraction of sp³-hybridized carbons (Fsp3) is 0.571. The summed E-state index contributed by atoms with van der Waals surface area (Å²) in [4.78, 5) is 0.820. The lowest BCUT2D eigenvalue weighted by Crippen LogP contribution is -2.43. The van der Waals surface area contributed by atoms with E-state index in [2.05, 4.69) is 0 Å². The van der Waals surface area contributed by atoms with Gasteiger partial charge in [-0.05, 0) is 31.0 Å². The zero-order chi connectivity index (χ0) is 13.3. The molecule has 4 nitrogen and oxygen atoms in total. The molecule has 1 spiro atoms. The molecule has 1 aromatic rings. The second-order valence-corrected chi connectivity index (χ2v) is 7.05. The lowest BCUT2D eigenvalue weighted by Gasteiger charge is -2.36. The number of hydrogen-bond donors (Lipinski definition) is 1. The number of ether oxygens (including phenoxy) is 2. The molecular formula is C14H19NO3S. The summed E-state index contributed by atoms with van der Waals surface area (Å²) < 4.78 is 24.0. The molecule has 0 radical (unpaired) electrons. The molecule has 19 heavy (non-hydrogen) atoms. The van der Waals surface area contributed by atoms with E-state index in [1.54, 1.807) is 0 Å². The van der Waals surface area contributed by atoms with Gasteiger partial charge in [0.25, 0.3) is 0 Å². The Balaban J connectivity index is 1.76. The van der Waals surface area contributed by atoms with Gasteiger partial charge in [0.15, 0.2) is 0 Å². The molecule has 2 aliphatic heterocycles. The molecular weight excluding hydrogens is 262 g/mol. The number of benzene rings is 1. The van der Waals surface area contributed by atoms with Gasteiger partial charge in [-0.15, -0.1) is 0 Å². The van der Waals surface area contributed by atoms with Crippen LogP contribution in [0.15, 0.2) is 29.2 Å². The first-order valence-corrected chi connectivity index (χ1v) is 7.88. The third-order valence-corrected chi connectivity index (χ3v) is 5.63. The summed E-state index contributed by atoms with van der Waals surface area (Å²) in [5.74, 6) is 0. The van der Waals surface area contributed by atoms with Gasteiger partial charge in [-0.1, -0.05) is 6.07 Å². The second-order valence-electron chi connectivity index (χ2n) is 5.32. The van der Waals surface area contributed by atoms with Crippen LogP contribution in [0.1, 0.15) is 19.3 Å². The first kappa shape index (κ1) is 13.1. The van der Waals surface area contributed by atoms with Crippen LogP contribution in [-0.2, 0) is 20.3 Å². The SMILES string of the molecule is Nc1cccc(S(=O)C2CCOC3(CCOC3)C2)c1. The number of rotatable bonds is 2. The van der Waals surface area contributed by atoms with Gasteiger partial charge in [-0.2, -0.15) is 0 Å². The maximum Gasteiger partial charge on any atom is 0.0948 e. The van der Waals surface area contributed by atoms with Crippen LogP contribution in [0, 0.1) is 0 Å². The summed E-state index contributed by atoms with van der Waals surface area (Å²) in [6.07, 6.45) is 2.56. The van der Waals surface area contributed by atoms with Crippen molar-refractivity contribution in [2.45, 2.75) is 35.0 Å². The van der Waals surface area contributed by atoms with Gasteiger partial charge >= 0.3 is 0 Å². The quantitative estimate of drug-likeness (QED) is 0.838. The van der Waals surface area contributed by atoms with Gasteiger partial charge in [-0.25, -0.2) is 0 Å². The number of hydrogen-bond acceptors (Lipinski definition) is 4. The molecule has 3 atom stereocenters. The van der Waals surface area contributed by atoms with Crippen LogP contribution in [0.3, 0.4) is 0 Å². The lowest BCUT2D eigenvalue weighted by molar-refractivity contribution is -0.0774. The predicted octanol–water partition coefficient (Wildman–Crippen LogP) is 1.71. The largest absolute Gasteiger partial charge is 0.399 e. The number of nitrogens with two attached hydrogens (primary N) is 1. The molecule has 2 heterocycles. The molecule has 0 bridgehead atoms. The summed E-state index contributed by atoms with van der Waals surface area (Å²) in [6.45, 7) is 2.05. The van der Waals surface area contributed by atoms with E-state index in [0.717, 1.165) is 30.8 Å². The minimum absolute atomic E-state index is 0.136. The van der Waals surface area contributed by atoms with Crippen LogP contribution in [0.25, 0.3) is 0 Å². The third kappa shape index (κ3) is 2.68. The van der Waals surface area contributed by atoms with Gasteiger partial charge in [0, 0.05) is 35.5 Å². The highest BCUT2D eigenvalue weighted by Crippen LogP contribution is 2.36. The molecule has 0 aliphatic carbocycles. The van der Waals surface area contributed by atoms with Crippen LogP contribution in [0.5, 0.6) is 0 Å². The van der Waals surface area contributed by atoms with Crippen LogP contribution in [-0.4, -0.2) is 34.9 Å². The smallest absolute Gasteiger partial charge is 0.0948 e. The van der Waals surface area contributed by atoms with Crippen molar-refractivity contribution < 1.29 is 13.7 Å². The van der Waals surface area contributed by atoms with E-state index in [9.17, 15) is 4.21 Å². The van der Waals surface area contributed by atoms with Gasteiger partial charge in [0.1, 0.15) is 0 Å². The van der Waals surface area contributed by atoms with Crippen molar-refractivity contribution in [2.24, 2.45) is 0 Å². The van der Waals surface area contributed by atoms with Crippen molar-refractivity contribution >= 4 is 16.5 Å². The van der Waals surface area contributed by atoms with Gasteiger partial charge in [-0.3, -0.25) is 4.21 Å². The van der Waals surface area contributed by atoms with Gasteiger partial charge in [0.05, 0.1) is 23.0 Å². The molecule has 3 unspecified atom stereocenters. The van der Waals surface area contributed by atoms with E-state index in [1.807, 2.05) is 24.3 Å². The van der Waals surface area contributed by atoms with E-state index < -0.39 is 10.8 Å². The highest BCUT2D eigenvalue weighted by atomic mass is 32.2. The Hall–Kier alpha value is -0.910. The van der Waals surface area contributed by atoms with E-state index in [0.29, 0.717) is 18.9 Å². The molecule has 3 rings (SSSR count). The Labute approximate surface area is 115 Å². The summed E-state index contributed by atoms with van der Waals surface area (Å²) in [6, 6.07) is 7.37. The average Bonchev–Trinajstić information content (AvgIpc) is 2.86. The van der Waals surface area contributed by atoms with Crippen molar-refractivity contribution in [1.82, 2.24) is 0 Å². The van der Waals surface area contributed by atoms with Crippen molar-refractivity contribution in [3.63, 3.8) is 0 Å². The van der Waals surface area contributed by atoms with Crippen LogP contribution in [0.4, 0.5) is 5.69 Å². The minimum Gasteiger partial charge on any atom is -0.399 e. The van der Waals surface area contributed by atoms with Crippen LogP contribution < -0.4 is 5.73 Å². The highest BCUT2D eigenvalue weighted by molar-refractivity contribution is 7.85. The summed E-state index contributed by atoms with van der Waals surface area (Å²) >= 11 is 0. The van der Waals surface area contributed by atoms with Crippen LogP contribution >= 0.6 is 0 Å². The zero-order valence-corrected chi connectivity index (χ0v) is 11.7. The third-order valence-electron chi connectivity index (χ3n) is 3.91. The Kier molecular flexibility index (Phi) is 3.60. The first-order valence-electron chi connectivity index (χ1n) is 6.66. The summed E-state index contributed by atoms with van der Waals surface area (Å²) in [5.41, 5.74) is 6.23. The van der Waals surface area contributed by atoms with Crippen molar-refractivity contribution in [3.05, 3.63) is 24.3 Å². The Morgan fingerprint density at radius 1 is 1.37 bits per heavy atom. The molecule has 2 aliphatic rings. The zero-order valence-electron chi connectivity index (χ0n) is 10.8. The monoisotopic (exact) mass is 281 g/mol. The molecule has 0 aromatic heterocycles. The molecule has 0 saturated carbocycles. The van der Waals surface area contributed by atoms with E-state index >= 15 is 0 Å². The molecule has 2 saturated heterocycles. The molecule has 0 amide bonds. The van der Waals surface area contributed by atoms with Crippen molar-refractivity contribution in [3.8, 4) is 0 Å². The topological polar surface area (TPSA) is 61.6 Å². The summed E-state index contributed by atoms with van der Waals surface area (Å²) in [7, 11) is -1.02. The van der Waals surface area contributed by atoms with Crippen molar-refractivity contribution in [2.75, 3.05) is 25.6 Å². The first-order chi connectivity index (χ1) is 9.19. The van der Waals surface area contributed by atoms with E-state index in [1.165, 1.54) is 0 Å². The average molecular weight is 281 g/mol. The van der Waals surface area contributed by atoms with Gasteiger partial charge in [0.2, 0.25) is 0 Å². The number of nitrogen functional groups attached to an aromatic ring is 1. The second kappa shape index (κ2) is 5.23. The molecule has 1 aromatic carbocycles. The standard InChI is InChI=1S/C14H19NO3S/c15-11-2-1-3-12(8-11)19(16)13-4-6-18-14(9-13)5-7-17-10-14/h1-3,8,13H,4-7,9-10,15H2. The van der Waals surface area contributed by atoms with E-state index in [4.69, 9.17) is 15.2 Å². The fourth-order valence-electron chi connectivity index (χ4n) is 2.86. The highest BCUT2D eigenvalue weighted by Gasteiger charge is 2.42. The van der Waals surface area contributed by atoms with Crippen LogP contribution in [0.2, 0.25) is 0 Å². The summed E-state index contributed by atoms with van der Waals surface area (Å²) in [5, 5.41) is 0.136. The fourth-order valence-corrected chi connectivity index (χ4v) is 4.48. The normalized spacial score (nSPS) is 32.5. The van der Waals surface area contributed by atoms with Gasteiger partial charge < -0.3 is 15.2 Å². The Morgan fingerprint density at radius 2 is 2.26 bits per heavy atom. The molecule has 2 N–H and O–H groups in total. The Bertz CT molecular complexity index is 485. The molecule has 2 fully saturated rings. The van der Waals surface area contributed by atoms with E-state index in [-0.39, 0.29) is 10.9 Å². The maximum atomic E-state index is 12.7. The lowest BCUT2D eigenvalue weighted by atomic mass is 9.93.